The van der Waals surface area contributed by atoms with Crippen molar-refractivity contribution in [3.63, 3.8) is 0 Å². The fraction of sp³-hybridized carbons (Fsp3) is 0.231. The minimum atomic E-state index is -0.548. The summed E-state index contributed by atoms with van der Waals surface area (Å²) in [7, 11) is 1.48. The normalized spacial score (nSPS) is 10.2. The SMILES string of the molecule is COc1ccc(C)cc1C(=O)OCc1nc(N)nc(N)n1. The molecule has 1 heterocycles. The summed E-state index contributed by atoms with van der Waals surface area (Å²) in [6.07, 6.45) is 0. The Morgan fingerprint density at radius 3 is 2.48 bits per heavy atom. The smallest absolute Gasteiger partial charge is 0.342 e. The first-order valence-corrected chi connectivity index (χ1v) is 6.07. The summed E-state index contributed by atoms with van der Waals surface area (Å²) in [5.41, 5.74) is 12.1. The van der Waals surface area contributed by atoms with Crippen molar-refractivity contribution in [1.29, 1.82) is 0 Å². The number of methoxy groups -OCH3 is 1. The number of benzene rings is 1. The summed E-state index contributed by atoms with van der Waals surface area (Å²) in [5, 5.41) is 0. The summed E-state index contributed by atoms with van der Waals surface area (Å²) < 4.78 is 10.3. The molecule has 0 amide bonds. The first-order valence-electron chi connectivity index (χ1n) is 6.07. The third kappa shape index (κ3) is 3.56. The van der Waals surface area contributed by atoms with Crippen molar-refractivity contribution in [2.75, 3.05) is 18.6 Å². The largest absolute Gasteiger partial charge is 0.496 e. The molecule has 0 saturated heterocycles. The molecule has 0 unspecified atom stereocenters. The third-order valence-electron chi connectivity index (χ3n) is 2.62. The number of carbonyl (C=O) groups excluding carboxylic acids is 1. The molecule has 0 aliphatic heterocycles. The van der Waals surface area contributed by atoms with E-state index in [2.05, 4.69) is 15.0 Å². The molecule has 0 aliphatic rings. The first-order chi connectivity index (χ1) is 9.99. The second-order valence-electron chi connectivity index (χ2n) is 4.25. The minimum Gasteiger partial charge on any atom is -0.496 e. The molecule has 0 saturated carbocycles. The maximum Gasteiger partial charge on any atom is 0.342 e. The Balaban J connectivity index is 2.13. The predicted molar refractivity (Wildman–Crippen MR) is 75.5 cm³/mol. The molecule has 2 aromatic rings. The van der Waals surface area contributed by atoms with Crippen LogP contribution in [0.15, 0.2) is 18.2 Å². The van der Waals surface area contributed by atoms with Crippen molar-refractivity contribution in [2.45, 2.75) is 13.5 Å². The molecule has 0 bridgehead atoms. The molecule has 2 rings (SSSR count). The van der Waals surface area contributed by atoms with Crippen molar-refractivity contribution in [3.05, 3.63) is 35.2 Å². The van der Waals surface area contributed by atoms with Crippen molar-refractivity contribution in [1.82, 2.24) is 15.0 Å². The van der Waals surface area contributed by atoms with Crippen LogP contribution in [0.1, 0.15) is 21.7 Å². The van der Waals surface area contributed by atoms with E-state index in [1.165, 1.54) is 7.11 Å². The van der Waals surface area contributed by atoms with Gasteiger partial charge in [0.15, 0.2) is 12.4 Å². The van der Waals surface area contributed by atoms with Crippen LogP contribution in [-0.4, -0.2) is 28.0 Å². The molecule has 8 heteroatoms. The summed E-state index contributed by atoms with van der Waals surface area (Å²) in [6, 6.07) is 5.21. The van der Waals surface area contributed by atoms with Gasteiger partial charge in [-0.25, -0.2) is 4.79 Å². The van der Waals surface area contributed by atoms with Gasteiger partial charge in [-0.3, -0.25) is 0 Å². The minimum absolute atomic E-state index is 0.0262. The van der Waals surface area contributed by atoms with Gasteiger partial charge in [0.05, 0.1) is 7.11 Å². The fourth-order valence-electron chi connectivity index (χ4n) is 1.71. The molecular weight excluding hydrogens is 274 g/mol. The molecule has 1 aromatic carbocycles. The monoisotopic (exact) mass is 289 g/mol. The number of anilines is 2. The maximum absolute atomic E-state index is 12.1. The van der Waals surface area contributed by atoms with Crippen LogP contribution >= 0.6 is 0 Å². The molecule has 1 aromatic heterocycles. The summed E-state index contributed by atoms with van der Waals surface area (Å²) in [6.45, 7) is 1.70. The number of ether oxygens (including phenoxy) is 2. The van der Waals surface area contributed by atoms with E-state index in [9.17, 15) is 4.79 Å². The van der Waals surface area contributed by atoms with Crippen molar-refractivity contribution in [2.24, 2.45) is 0 Å². The van der Waals surface area contributed by atoms with E-state index in [0.29, 0.717) is 11.3 Å². The summed E-state index contributed by atoms with van der Waals surface area (Å²) in [4.78, 5) is 23.4. The Labute approximate surface area is 121 Å². The topological polar surface area (TPSA) is 126 Å². The number of rotatable bonds is 4. The first kappa shape index (κ1) is 14.5. The van der Waals surface area contributed by atoms with Gasteiger partial charge in [-0.1, -0.05) is 11.6 Å². The van der Waals surface area contributed by atoms with Crippen LogP contribution < -0.4 is 16.2 Å². The number of nitrogens with two attached hydrogens (primary N) is 2. The zero-order valence-corrected chi connectivity index (χ0v) is 11.7. The standard InChI is InChI=1S/C13H15N5O3/c1-7-3-4-9(20-2)8(5-7)11(19)21-6-10-16-12(14)18-13(15)17-10/h3-5H,6H2,1-2H3,(H4,14,15,16,17,18). The lowest BCUT2D eigenvalue weighted by atomic mass is 10.1. The number of nitrogens with zero attached hydrogens (tertiary/aromatic N) is 3. The highest BCUT2D eigenvalue weighted by molar-refractivity contribution is 5.92. The van der Waals surface area contributed by atoms with Gasteiger partial charge in [-0.15, -0.1) is 0 Å². The zero-order chi connectivity index (χ0) is 15.4. The number of nitrogen functional groups attached to an aromatic ring is 2. The fourth-order valence-corrected chi connectivity index (χ4v) is 1.71. The van der Waals surface area contributed by atoms with Gasteiger partial charge >= 0.3 is 5.97 Å². The zero-order valence-electron chi connectivity index (χ0n) is 11.7. The maximum atomic E-state index is 12.1. The van der Waals surface area contributed by atoms with Gasteiger partial charge in [0, 0.05) is 0 Å². The van der Waals surface area contributed by atoms with E-state index in [0.717, 1.165) is 5.56 Å². The average Bonchev–Trinajstić information content (AvgIpc) is 2.43. The Hall–Kier alpha value is -2.90. The molecule has 8 nitrogen and oxygen atoms in total. The predicted octanol–water partition coefficient (Wildman–Crippen LogP) is 0.710. The average molecular weight is 289 g/mol. The van der Waals surface area contributed by atoms with Gasteiger partial charge in [0.25, 0.3) is 0 Å². The summed E-state index contributed by atoms with van der Waals surface area (Å²) in [5.74, 6) is 0.0109. The number of aromatic nitrogens is 3. The highest BCUT2D eigenvalue weighted by atomic mass is 16.5. The van der Waals surface area contributed by atoms with E-state index in [1.807, 2.05) is 13.0 Å². The second kappa shape index (κ2) is 6.04. The van der Waals surface area contributed by atoms with Gasteiger partial charge in [0.1, 0.15) is 11.3 Å². The third-order valence-corrected chi connectivity index (χ3v) is 2.62. The van der Waals surface area contributed by atoms with E-state index in [4.69, 9.17) is 20.9 Å². The molecule has 0 aliphatic carbocycles. The molecule has 0 fully saturated rings. The number of hydrogen-bond acceptors (Lipinski definition) is 8. The summed E-state index contributed by atoms with van der Waals surface area (Å²) >= 11 is 0. The van der Waals surface area contributed by atoms with Gasteiger partial charge in [-0.2, -0.15) is 15.0 Å². The second-order valence-corrected chi connectivity index (χ2v) is 4.25. The molecule has 0 radical (unpaired) electrons. The molecule has 0 spiro atoms. The Bertz CT molecular complexity index is 655. The highest BCUT2D eigenvalue weighted by Gasteiger charge is 2.15. The molecule has 110 valence electrons. The molecular formula is C13H15N5O3. The molecule has 0 atom stereocenters. The Morgan fingerprint density at radius 2 is 1.86 bits per heavy atom. The Morgan fingerprint density at radius 1 is 1.19 bits per heavy atom. The van der Waals surface area contributed by atoms with Crippen LogP contribution in [0.5, 0.6) is 5.75 Å². The highest BCUT2D eigenvalue weighted by Crippen LogP contribution is 2.20. The quantitative estimate of drug-likeness (QED) is 0.788. The van der Waals surface area contributed by atoms with Gasteiger partial charge in [-0.05, 0) is 19.1 Å². The van der Waals surface area contributed by atoms with Crippen LogP contribution in [0.25, 0.3) is 0 Å². The van der Waals surface area contributed by atoms with Crippen LogP contribution in [0.4, 0.5) is 11.9 Å². The van der Waals surface area contributed by atoms with Crippen LogP contribution in [0.3, 0.4) is 0 Å². The van der Waals surface area contributed by atoms with Crippen LogP contribution in [-0.2, 0) is 11.3 Å². The molecule has 21 heavy (non-hydrogen) atoms. The van der Waals surface area contributed by atoms with Gasteiger partial charge in [0.2, 0.25) is 11.9 Å². The Kier molecular flexibility index (Phi) is 4.17. The number of aryl methyl sites for hydroxylation is 1. The van der Waals surface area contributed by atoms with Crippen LogP contribution in [0, 0.1) is 6.92 Å². The van der Waals surface area contributed by atoms with Crippen molar-refractivity contribution in [3.8, 4) is 5.75 Å². The van der Waals surface area contributed by atoms with E-state index in [-0.39, 0.29) is 24.3 Å². The number of carbonyl (C=O) groups is 1. The number of hydrogen-bond donors (Lipinski definition) is 2. The lowest BCUT2D eigenvalue weighted by molar-refractivity contribution is 0.0458. The lowest BCUT2D eigenvalue weighted by Gasteiger charge is -2.09. The van der Waals surface area contributed by atoms with Crippen molar-refractivity contribution < 1.29 is 14.3 Å². The van der Waals surface area contributed by atoms with Crippen LogP contribution in [0.2, 0.25) is 0 Å². The van der Waals surface area contributed by atoms with Crippen molar-refractivity contribution >= 4 is 17.9 Å². The number of esters is 1. The van der Waals surface area contributed by atoms with E-state index in [1.54, 1.807) is 12.1 Å². The van der Waals surface area contributed by atoms with E-state index >= 15 is 0 Å². The molecule has 4 N–H and O–H groups in total. The van der Waals surface area contributed by atoms with E-state index < -0.39 is 5.97 Å². The van der Waals surface area contributed by atoms with Gasteiger partial charge < -0.3 is 20.9 Å². The lowest BCUT2D eigenvalue weighted by Crippen LogP contribution is -2.12.